The number of carbonyl (C=O) groups excluding carboxylic acids is 4. The fourth-order valence-corrected chi connectivity index (χ4v) is 19.7. The molecule has 2 aromatic rings. The van der Waals surface area contributed by atoms with Gasteiger partial charge in [-0.15, -0.1) is 0 Å². The number of halogens is 10. The molecule has 0 aromatic heterocycles. The third-order valence-corrected chi connectivity index (χ3v) is 26.5. The van der Waals surface area contributed by atoms with Gasteiger partial charge >= 0.3 is 39.5 Å². The van der Waals surface area contributed by atoms with Crippen LogP contribution in [0.3, 0.4) is 0 Å². The van der Waals surface area contributed by atoms with Crippen LogP contribution in [0.2, 0.25) is 0 Å². The summed E-state index contributed by atoms with van der Waals surface area (Å²) in [6, 6.07) is 18.2. The number of ether oxygens (including phenoxy) is 29. The minimum absolute atomic E-state index is 0.00290. The van der Waals surface area contributed by atoms with Crippen LogP contribution >= 0.6 is 15.9 Å². The number of rotatable bonds is 31. The van der Waals surface area contributed by atoms with Gasteiger partial charge < -0.3 is 148 Å². The van der Waals surface area contributed by atoms with E-state index in [1.807, 2.05) is 113 Å². The third-order valence-electron chi connectivity index (χ3n) is 24.7. The predicted octanol–water partition coefficient (Wildman–Crippen LogP) is 10.8. The van der Waals surface area contributed by atoms with Gasteiger partial charge in [-0.25, -0.2) is 26.3 Å². The molecule has 8 unspecified atom stereocenters. The van der Waals surface area contributed by atoms with Crippen LogP contribution in [0.1, 0.15) is 168 Å². The van der Waals surface area contributed by atoms with Crippen LogP contribution in [-0.2, 0) is 171 Å². The first-order chi connectivity index (χ1) is 68.1. The fourth-order valence-electron chi connectivity index (χ4n) is 18.4. The Morgan fingerprint density at radius 2 is 0.778 bits per heavy atom. The minimum Gasteiger partial charge on any atom is -0.457 e. The van der Waals surface area contributed by atoms with Crippen molar-refractivity contribution in [2.75, 3.05) is 126 Å². The summed E-state index contributed by atoms with van der Waals surface area (Å²) < 4.78 is 301. The Hall–Kier alpha value is -5.00. The Bertz CT molecular complexity index is 4240. The maximum absolute atomic E-state index is 12.7. The van der Waals surface area contributed by atoms with Crippen molar-refractivity contribution in [1.82, 2.24) is 0 Å². The van der Waals surface area contributed by atoms with Gasteiger partial charge in [0.2, 0.25) is 6.29 Å². The normalized spacial score (nSPS) is 37.2. The second-order valence-corrected chi connectivity index (χ2v) is 39.8. The lowest BCUT2D eigenvalue weighted by molar-refractivity contribution is -0.319. The van der Waals surface area contributed by atoms with Crippen molar-refractivity contribution in [3.63, 3.8) is 0 Å². The van der Waals surface area contributed by atoms with Crippen LogP contribution in [-0.4, -0.2) is 374 Å². The highest BCUT2D eigenvalue weighted by Gasteiger charge is 2.62. The van der Waals surface area contributed by atoms with Gasteiger partial charge in [0.15, 0.2) is 71.6 Å². The number of aliphatic hydroxyl groups excluding tert-OH is 2. The van der Waals surface area contributed by atoms with Crippen molar-refractivity contribution in [3.05, 3.63) is 71.8 Å². The highest BCUT2D eigenvalue weighted by atomic mass is 79.9. The molecule has 38 nitrogen and oxygen atoms in total. The van der Waals surface area contributed by atoms with E-state index in [1.165, 1.54) is 27.7 Å². The van der Waals surface area contributed by atoms with E-state index in [2.05, 4.69) is 20.1 Å². The first-order valence-electron chi connectivity index (χ1n) is 48.3. The molecule has 0 saturated carbocycles. The van der Waals surface area contributed by atoms with Crippen LogP contribution in [0.4, 0.5) is 39.5 Å². The van der Waals surface area contributed by atoms with E-state index in [0.717, 1.165) is 18.4 Å². The molecule has 13 saturated heterocycles. The van der Waals surface area contributed by atoms with Gasteiger partial charge in [-0.1, -0.05) is 118 Å². The van der Waals surface area contributed by atoms with Crippen LogP contribution in [0.15, 0.2) is 60.7 Å². The van der Waals surface area contributed by atoms with Crippen LogP contribution < -0.4 is 0 Å². The smallest absolute Gasteiger partial charge is 0.457 e. The third kappa shape index (κ3) is 34.8. The summed E-state index contributed by atoms with van der Waals surface area (Å²) in [5, 5.41) is 19.8. The van der Waals surface area contributed by atoms with Gasteiger partial charge in [-0.05, 0) is 74.7 Å². The molecule has 2 aromatic carbocycles. The molecule has 0 spiro atoms. The molecule has 0 amide bonds. The van der Waals surface area contributed by atoms with E-state index in [4.69, 9.17) is 137 Å². The summed E-state index contributed by atoms with van der Waals surface area (Å²) in [6.07, 6.45) is -14.9. The van der Waals surface area contributed by atoms with E-state index in [-0.39, 0.29) is 125 Å². The van der Waals surface area contributed by atoms with Gasteiger partial charge in [-0.2, -0.15) is 21.6 Å². The predicted molar refractivity (Wildman–Crippen MR) is 486 cm³/mol. The summed E-state index contributed by atoms with van der Waals surface area (Å²) in [7, 11) is -5.90. The lowest BCUT2D eigenvalue weighted by atomic mass is 9.89. The van der Waals surface area contributed by atoms with E-state index < -0.39 is 244 Å². The molecular formula is C95H144BrF9O38S. The first kappa shape index (κ1) is 123. The molecule has 13 heterocycles. The minimum atomic E-state index is -5.90. The lowest BCUT2D eigenvalue weighted by Crippen LogP contribution is -2.60. The molecule has 0 aliphatic carbocycles. The van der Waals surface area contributed by atoms with E-state index in [1.54, 1.807) is 44.2 Å². The summed E-state index contributed by atoms with van der Waals surface area (Å²) in [6.45, 7) is 28.2. The average molecular weight is 2180 g/mol. The zero-order valence-electron chi connectivity index (χ0n) is 84.2. The Morgan fingerprint density at radius 1 is 0.389 bits per heavy atom. The second kappa shape index (κ2) is 57.1. The molecule has 144 heavy (non-hydrogen) atoms. The summed E-state index contributed by atoms with van der Waals surface area (Å²) in [5.41, 5.74) is -4.09. The summed E-state index contributed by atoms with van der Waals surface area (Å²) in [5.74, 6) is -4.59. The van der Waals surface area contributed by atoms with E-state index >= 15 is 0 Å². The maximum Gasteiger partial charge on any atom is 0.523 e. The van der Waals surface area contributed by atoms with Gasteiger partial charge in [0.25, 0.3) is 0 Å². The number of aliphatic hydroxyl groups is 2. The molecular weight excluding hydrogens is 2030 g/mol. The average Bonchev–Trinajstić information content (AvgIpc) is 1.60. The number of alkyl halides is 10. The highest BCUT2D eigenvalue weighted by Crippen LogP contribution is 2.46. The van der Waals surface area contributed by atoms with E-state index in [9.17, 15) is 77.3 Å². The van der Waals surface area contributed by atoms with Crippen molar-refractivity contribution in [2.24, 2.45) is 17.8 Å². The monoisotopic (exact) mass is 2170 g/mol. The number of hydrogen-bond acceptors (Lipinski definition) is 38. The SMILES string of the molecule is CC1(C)OCC(C2O[C@@H]3OC(C)(C)O[C@@H]3[C@@H]2O)O1.CC1(C)OCC(C2O[C@@H]3OC(C)(C)O[C@@H]3[C@@H]2OCCF)O1.CC[C@H]1OC(Br)[C@H](OC(C)=O)[C@H](OCCF)[C@@H]1C.CC[C@H]1OC(OC(C)=O)[C@H](OC(C)=O)[C@H](OCCF)[C@@H]1C.CC[C@H]1OC[C@H](OC(C)=O)[C@H](OCCF)[C@@H]1C.O=S(=O)(O[C@H]1CO[C@@H]2COC(c3ccccc3)O[C@H]2[C@H]1OCCF)C(F)(F)F.O[C@H]1CO[C@@H]2COC(c3ccccc3)O[C@H]2[C@H]1OCCF. The number of carbonyl (C=O) groups is 4. The topological polar surface area (TPSA) is 420 Å². The zero-order chi connectivity index (χ0) is 106. The Labute approximate surface area is 842 Å². The highest BCUT2D eigenvalue weighted by molar-refractivity contribution is 9.09. The van der Waals surface area contributed by atoms with Crippen LogP contribution in [0, 0.1) is 17.8 Å². The standard InChI is InChI=1S/C16H18F4O7S.C15H19FO5.2C14H23FO6.C12H20BrFO4.C12H21FO4.C12H20O6/c17-6-7-23-13-12(27-28(21,22)16(18,19)20)9-24-11-8-25-15(26-14(11)13)10-4-2-1-3-5-10;16-6-7-18-13-11(17)8-19-12-9-20-15(21-14(12)13)10-4-2-1-3-5-10;1-13(2)17-7-8(19-13)9-10(16-6-5-15)11-12(18-9)21-14(3,4)20-11;1-5-11-8(2)12(18-7-6-15)13(19-9(3)16)14(21-11)20-10(4)17;1-4-9-7(2)10(16-6-5-14)11(12(13)18-9)17-8(3)15;1-4-10-8(2)12(15-6-5-13)11(7-16-10)17-9(3)14;1-11(2)14-5-6(16-11)8-7(13)9-10(15-8)18-12(3,4)17-9/h1-5,11-15H,6-9H2;1-5,11-15,17H,6-9H2;8-12H,5-7H2,1-4H3;8,11-14H,5-7H2,1-4H3;7,9-12H,4-6H2,1-3H3;8,10-12H,4-7H2,1-3H3;6-10,13H,5H2,1-4H3/t11-,12+,13+,14-,15?;11-,12+,13-,14+,15?;8?,9?,10-,11-,12-;8-,11-,12-,13-,14?;7-,9-,10-,11-,12?;8-,10-,11+,12-;6?,7-,8?,9-,10-/m1011111/s1. The Balaban J connectivity index is 0.000000188. The fraction of sp³-hybridized carbons (Fsp3) is 0.832. The lowest BCUT2D eigenvalue weighted by Gasteiger charge is -2.45. The molecule has 0 radical (unpaired) electrons. The molecule has 828 valence electrons. The van der Waals surface area contributed by atoms with Crippen molar-refractivity contribution >= 4 is 49.9 Å². The second-order valence-electron chi connectivity index (χ2n) is 37.4. The molecule has 15 rings (SSSR count). The van der Waals surface area contributed by atoms with Gasteiger partial charge in [-0.3, -0.25) is 23.4 Å². The first-order valence-corrected chi connectivity index (χ1v) is 50.6. The van der Waals surface area contributed by atoms with Crippen molar-refractivity contribution in [3.8, 4) is 0 Å². The molecule has 13 fully saturated rings. The Morgan fingerprint density at radius 3 is 1.23 bits per heavy atom. The molecule has 0 bridgehead atoms. The van der Waals surface area contributed by atoms with Crippen molar-refractivity contribution in [2.45, 2.75) is 362 Å². The molecule has 49 heteroatoms. The summed E-state index contributed by atoms with van der Waals surface area (Å²) >= 11 is 3.35. The maximum atomic E-state index is 12.7. The van der Waals surface area contributed by atoms with Gasteiger partial charge in [0.05, 0.1) is 104 Å². The Kier molecular flexibility index (Phi) is 48.6. The quantitative estimate of drug-likeness (QED) is 0.0177. The van der Waals surface area contributed by atoms with Gasteiger partial charge in [0, 0.05) is 56.6 Å². The van der Waals surface area contributed by atoms with Crippen molar-refractivity contribution in [1.29, 1.82) is 0 Å². The number of esters is 4. The summed E-state index contributed by atoms with van der Waals surface area (Å²) in [4.78, 5) is 44.6. The zero-order valence-corrected chi connectivity index (χ0v) is 86.6. The molecule has 13 aliphatic rings. The molecule has 2 N–H and O–H groups in total. The molecule has 34 atom stereocenters. The van der Waals surface area contributed by atoms with E-state index in [0.29, 0.717) is 38.4 Å². The number of hydrogen-bond donors (Lipinski definition) is 2. The van der Waals surface area contributed by atoms with Crippen molar-refractivity contribution < 1.29 is 219 Å². The largest absolute Gasteiger partial charge is 0.523 e. The number of benzene rings is 2. The molecule has 13 aliphatic heterocycles. The van der Waals surface area contributed by atoms with Crippen LogP contribution in [0.5, 0.6) is 0 Å². The van der Waals surface area contributed by atoms with Crippen LogP contribution in [0.25, 0.3) is 0 Å². The van der Waals surface area contributed by atoms with Gasteiger partial charge in [0.1, 0.15) is 156 Å². The number of fused-ring (bicyclic) bond motifs is 4.